The highest BCUT2D eigenvalue weighted by Gasteiger charge is 2.02. The van der Waals surface area contributed by atoms with Crippen LogP contribution in [0.4, 0.5) is 4.39 Å². The number of hydrogen-bond donors (Lipinski definition) is 1. The first-order valence-electron chi connectivity index (χ1n) is 6.92. The van der Waals surface area contributed by atoms with Gasteiger partial charge in [0, 0.05) is 23.6 Å². The number of fused-ring (bicyclic) bond motifs is 1. The molecule has 3 nitrogen and oxygen atoms in total. The number of benzene rings is 2. The van der Waals surface area contributed by atoms with Gasteiger partial charge in [-0.15, -0.1) is 0 Å². The normalized spacial score (nSPS) is 11.0. The fourth-order valence-electron chi connectivity index (χ4n) is 2.35. The first-order chi connectivity index (χ1) is 10.3. The molecule has 0 aliphatic carbocycles. The van der Waals surface area contributed by atoms with E-state index in [1.165, 1.54) is 12.1 Å². The Balaban J connectivity index is 1.63. The zero-order valence-corrected chi connectivity index (χ0v) is 11.6. The highest BCUT2D eigenvalue weighted by atomic mass is 19.1. The molecule has 0 aliphatic rings. The van der Waals surface area contributed by atoms with Crippen LogP contribution in [0.3, 0.4) is 0 Å². The van der Waals surface area contributed by atoms with Crippen LogP contribution in [-0.2, 0) is 13.1 Å². The average molecular weight is 284 g/mol. The maximum absolute atomic E-state index is 13.1. The molecule has 0 bridgehead atoms. The van der Waals surface area contributed by atoms with Crippen molar-refractivity contribution in [3.63, 3.8) is 0 Å². The fourth-order valence-corrected chi connectivity index (χ4v) is 2.35. The van der Waals surface area contributed by atoms with E-state index < -0.39 is 0 Å². The van der Waals surface area contributed by atoms with Crippen LogP contribution >= 0.6 is 0 Å². The van der Waals surface area contributed by atoms with Gasteiger partial charge in [0.15, 0.2) is 0 Å². The van der Waals surface area contributed by atoms with Gasteiger partial charge in [-0.05, 0) is 42.0 Å². The van der Waals surface area contributed by atoms with E-state index in [1.54, 1.807) is 6.07 Å². The van der Waals surface area contributed by atoms with E-state index in [-0.39, 0.29) is 5.82 Å². The maximum Gasteiger partial charge on any atom is 0.123 e. The number of aromatic nitrogens is 1. The van der Waals surface area contributed by atoms with Gasteiger partial charge in [0.2, 0.25) is 0 Å². The number of nitrogens with zero attached hydrogens (tertiary/aromatic N) is 1. The molecule has 0 amide bonds. The van der Waals surface area contributed by atoms with E-state index in [1.807, 2.05) is 36.5 Å². The Morgan fingerprint density at radius 2 is 1.86 bits per heavy atom. The molecule has 0 spiro atoms. The third-order valence-electron chi connectivity index (χ3n) is 3.49. The molecule has 0 atom stereocenters. The summed E-state index contributed by atoms with van der Waals surface area (Å²) in [7, 11) is 0. The number of hydrogen-bond acceptors (Lipinski definition) is 2. The Hall–Kier alpha value is -2.33. The fraction of sp³-hybridized carbons (Fsp3) is 0.176. The van der Waals surface area contributed by atoms with Crippen LogP contribution in [0, 0.1) is 5.82 Å². The van der Waals surface area contributed by atoms with Crippen molar-refractivity contribution in [2.24, 2.45) is 5.73 Å². The molecular formula is C17H17FN2O. The average Bonchev–Trinajstić information content (AvgIpc) is 2.90. The second-order valence-corrected chi connectivity index (χ2v) is 4.91. The zero-order chi connectivity index (χ0) is 14.7. The predicted octanol–water partition coefficient (Wildman–Crippen LogP) is 3.32. The van der Waals surface area contributed by atoms with E-state index in [2.05, 4.69) is 4.57 Å². The molecule has 2 N–H and O–H groups in total. The Morgan fingerprint density at radius 1 is 1.05 bits per heavy atom. The lowest BCUT2D eigenvalue weighted by atomic mass is 10.2. The number of rotatable bonds is 5. The van der Waals surface area contributed by atoms with E-state index >= 15 is 0 Å². The third kappa shape index (κ3) is 3.06. The lowest BCUT2D eigenvalue weighted by Crippen LogP contribution is -2.07. The SMILES string of the molecule is NCc1ccc(OCCn2ccc3cc(F)ccc32)cc1. The number of nitrogens with two attached hydrogens (primary N) is 1. The van der Waals surface area contributed by atoms with E-state index in [9.17, 15) is 4.39 Å². The minimum Gasteiger partial charge on any atom is -0.492 e. The van der Waals surface area contributed by atoms with Gasteiger partial charge in [0.25, 0.3) is 0 Å². The van der Waals surface area contributed by atoms with Gasteiger partial charge in [-0.25, -0.2) is 4.39 Å². The lowest BCUT2D eigenvalue weighted by molar-refractivity contribution is 0.300. The first kappa shape index (κ1) is 13.6. The summed E-state index contributed by atoms with van der Waals surface area (Å²) >= 11 is 0. The summed E-state index contributed by atoms with van der Waals surface area (Å²) in [5.74, 6) is 0.617. The molecule has 4 heteroatoms. The van der Waals surface area contributed by atoms with Crippen molar-refractivity contribution in [1.82, 2.24) is 4.57 Å². The molecule has 0 aliphatic heterocycles. The van der Waals surface area contributed by atoms with Crippen LogP contribution in [-0.4, -0.2) is 11.2 Å². The van der Waals surface area contributed by atoms with Crippen LogP contribution in [0.1, 0.15) is 5.56 Å². The smallest absolute Gasteiger partial charge is 0.123 e. The molecule has 3 rings (SSSR count). The molecule has 3 aromatic rings. The van der Waals surface area contributed by atoms with Crippen molar-refractivity contribution in [3.05, 3.63) is 66.1 Å². The van der Waals surface area contributed by atoms with Crippen LogP contribution in [0.25, 0.3) is 10.9 Å². The van der Waals surface area contributed by atoms with Gasteiger partial charge >= 0.3 is 0 Å². The van der Waals surface area contributed by atoms with Crippen molar-refractivity contribution in [2.45, 2.75) is 13.1 Å². The number of ether oxygens (including phenoxy) is 1. The van der Waals surface area contributed by atoms with Gasteiger partial charge in [-0.2, -0.15) is 0 Å². The summed E-state index contributed by atoms with van der Waals surface area (Å²) in [6.07, 6.45) is 1.95. The van der Waals surface area contributed by atoms with Crippen molar-refractivity contribution in [1.29, 1.82) is 0 Å². The van der Waals surface area contributed by atoms with Crippen LogP contribution < -0.4 is 10.5 Å². The second kappa shape index (κ2) is 5.97. The van der Waals surface area contributed by atoms with Crippen molar-refractivity contribution in [3.8, 4) is 5.75 Å². The molecule has 0 saturated carbocycles. The van der Waals surface area contributed by atoms with Gasteiger partial charge < -0.3 is 15.0 Å². The van der Waals surface area contributed by atoms with Crippen LogP contribution in [0.15, 0.2) is 54.7 Å². The summed E-state index contributed by atoms with van der Waals surface area (Å²) in [6, 6.07) is 14.5. The van der Waals surface area contributed by atoms with Crippen LogP contribution in [0.5, 0.6) is 5.75 Å². The number of halogens is 1. The molecular weight excluding hydrogens is 267 g/mol. The molecule has 0 fully saturated rings. The first-order valence-corrected chi connectivity index (χ1v) is 6.92. The van der Waals surface area contributed by atoms with Crippen molar-refractivity contribution >= 4 is 10.9 Å². The summed E-state index contributed by atoms with van der Waals surface area (Å²) in [5.41, 5.74) is 7.65. The second-order valence-electron chi connectivity index (χ2n) is 4.91. The topological polar surface area (TPSA) is 40.2 Å². The van der Waals surface area contributed by atoms with Crippen molar-refractivity contribution < 1.29 is 9.13 Å². The van der Waals surface area contributed by atoms with Gasteiger partial charge in [-0.1, -0.05) is 12.1 Å². The summed E-state index contributed by atoms with van der Waals surface area (Å²) in [4.78, 5) is 0. The Kier molecular flexibility index (Phi) is 3.88. The van der Waals surface area contributed by atoms with E-state index in [0.29, 0.717) is 19.7 Å². The van der Waals surface area contributed by atoms with Gasteiger partial charge in [0.1, 0.15) is 18.2 Å². The van der Waals surface area contributed by atoms with Crippen molar-refractivity contribution in [2.75, 3.05) is 6.61 Å². The standard InChI is InChI=1S/C17H17FN2O/c18-15-3-6-17-14(11-15)7-8-20(17)9-10-21-16-4-1-13(12-19)2-5-16/h1-8,11H,9-10,12,19H2. The monoisotopic (exact) mass is 284 g/mol. The molecule has 2 aromatic carbocycles. The third-order valence-corrected chi connectivity index (χ3v) is 3.49. The Bertz CT molecular complexity index is 734. The highest BCUT2D eigenvalue weighted by molar-refractivity contribution is 5.80. The van der Waals surface area contributed by atoms with Gasteiger partial charge in [0.05, 0.1) is 6.54 Å². The Morgan fingerprint density at radius 3 is 2.62 bits per heavy atom. The molecule has 0 saturated heterocycles. The minimum absolute atomic E-state index is 0.212. The minimum atomic E-state index is -0.212. The molecule has 21 heavy (non-hydrogen) atoms. The van der Waals surface area contributed by atoms with Crippen LogP contribution in [0.2, 0.25) is 0 Å². The highest BCUT2D eigenvalue weighted by Crippen LogP contribution is 2.17. The molecule has 1 heterocycles. The maximum atomic E-state index is 13.1. The van der Waals surface area contributed by atoms with E-state index in [0.717, 1.165) is 22.2 Å². The molecule has 108 valence electrons. The molecule has 0 radical (unpaired) electrons. The molecule has 1 aromatic heterocycles. The summed E-state index contributed by atoms with van der Waals surface area (Å²) in [5, 5.41) is 0.905. The largest absolute Gasteiger partial charge is 0.492 e. The predicted molar refractivity (Wildman–Crippen MR) is 81.7 cm³/mol. The summed E-state index contributed by atoms with van der Waals surface area (Å²) in [6.45, 7) is 1.81. The lowest BCUT2D eigenvalue weighted by Gasteiger charge is -2.09. The van der Waals surface area contributed by atoms with Gasteiger partial charge in [-0.3, -0.25) is 0 Å². The summed E-state index contributed by atoms with van der Waals surface area (Å²) < 4.78 is 20.9. The Labute approximate surface area is 122 Å². The zero-order valence-electron chi connectivity index (χ0n) is 11.6. The molecule has 0 unspecified atom stereocenters. The van der Waals surface area contributed by atoms with E-state index in [4.69, 9.17) is 10.5 Å². The quantitative estimate of drug-likeness (QED) is 0.780.